The van der Waals surface area contributed by atoms with Crippen LogP contribution < -0.4 is 9.62 Å². The third kappa shape index (κ3) is 3.82. The van der Waals surface area contributed by atoms with Crippen LogP contribution in [0.2, 0.25) is 4.34 Å². The van der Waals surface area contributed by atoms with Crippen LogP contribution in [0.15, 0.2) is 40.6 Å². The molecule has 1 fully saturated rings. The van der Waals surface area contributed by atoms with Gasteiger partial charge in [0.25, 0.3) is 10.0 Å². The Morgan fingerprint density at radius 3 is 2.25 bits per heavy atom. The molecule has 1 aromatic carbocycles. The lowest BCUT2D eigenvalue weighted by molar-refractivity contribution is -0.118. The fourth-order valence-corrected chi connectivity index (χ4v) is 5.01. The minimum absolute atomic E-state index is 0.182. The highest BCUT2D eigenvalue weighted by atomic mass is 35.5. The summed E-state index contributed by atoms with van der Waals surface area (Å²) in [6.45, 7) is 2.91. The zero-order valence-corrected chi connectivity index (χ0v) is 15.1. The number of rotatable bonds is 5. The minimum Gasteiger partial charge on any atom is -0.368 e. The molecule has 0 radical (unpaired) electrons. The van der Waals surface area contributed by atoms with E-state index < -0.39 is 10.0 Å². The monoisotopic (exact) mass is 385 g/mol. The molecule has 128 valence electrons. The van der Waals surface area contributed by atoms with Crippen LogP contribution >= 0.6 is 22.9 Å². The van der Waals surface area contributed by atoms with Crippen LogP contribution in [0, 0.1) is 0 Å². The average Bonchev–Trinajstić information content (AvgIpc) is 3.03. The average molecular weight is 386 g/mol. The molecule has 1 saturated heterocycles. The number of carbonyl (C=O) groups is 1. The van der Waals surface area contributed by atoms with Gasteiger partial charge in [0.1, 0.15) is 4.21 Å². The van der Waals surface area contributed by atoms with Crippen molar-refractivity contribution in [3.05, 3.63) is 40.7 Å². The van der Waals surface area contributed by atoms with Crippen LogP contribution in [0.25, 0.3) is 0 Å². The standard InChI is InChI=1S/C15H16ClN3O3S2/c16-14-5-6-15(23-14)24(21,22)17-12-1-3-13(4-2-12)19-9-7-18(11-20)8-10-19/h1-6,11,17H,7-10H2. The Labute approximate surface area is 149 Å². The molecule has 9 heteroatoms. The van der Waals surface area contributed by atoms with Crippen LogP contribution in [-0.2, 0) is 14.8 Å². The molecule has 1 aliphatic rings. The van der Waals surface area contributed by atoms with E-state index in [1.54, 1.807) is 23.1 Å². The Kier molecular flexibility index (Phi) is 4.98. The molecule has 3 rings (SSSR count). The van der Waals surface area contributed by atoms with Gasteiger partial charge in [0, 0.05) is 37.6 Å². The Bertz CT molecular complexity index is 813. The zero-order chi connectivity index (χ0) is 17.2. The largest absolute Gasteiger partial charge is 0.368 e. The fraction of sp³-hybridized carbons (Fsp3) is 0.267. The first-order valence-corrected chi connectivity index (χ1v) is 9.98. The van der Waals surface area contributed by atoms with E-state index in [1.165, 1.54) is 6.07 Å². The van der Waals surface area contributed by atoms with Crippen LogP contribution in [0.1, 0.15) is 0 Å². The molecule has 0 unspecified atom stereocenters. The number of hydrogen-bond acceptors (Lipinski definition) is 5. The fourth-order valence-electron chi connectivity index (χ4n) is 2.47. The number of carbonyl (C=O) groups excluding carboxylic acids is 1. The van der Waals surface area contributed by atoms with Gasteiger partial charge in [-0.3, -0.25) is 9.52 Å². The molecule has 0 aliphatic carbocycles. The first-order valence-electron chi connectivity index (χ1n) is 7.30. The van der Waals surface area contributed by atoms with Gasteiger partial charge in [-0.1, -0.05) is 11.6 Å². The SMILES string of the molecule is O=CN1CCN(c2ccc(NS(=O)(=O)c3ccc(Cl)s3)cc2)CC1. The van der Waals surface area contributed by atoms with E-state index in [0.29, 0.717) is 23.1 Å². The smallest absolute Gasteiger partial charge is 0.271 e. The van der Waals surface area contributed by atoms with E-state index in [9.17, 15) is 13.2 Å². The molecule has 2 aromatic rings. The van der Waals surface area contributed by atoms with Crippen molar-refractivity contribution in [2.24, 2.45) is 0 Å². The molecule has 0 spiro atoms. The number of halogens is 1. The molecule has 1 aliphatic heterocycles. The Morgan fingerprint density at radius 2 is 1.71 bits per heavy atom. The third-order valence-corrected chi connectivity index (χ3v) is 6.87. The molecule has 1 N–H and O–H groups in total. The number of thiophene rings is 1. The first kappa shape index (κ1) is 17.1. The number of nitrogens with one attached hydrogen (secondary N) is 1. The van der Waals surface area contributed by atoms with Crippen molar-refractivity contribution in [2.45, 2.75) is 4.21 Å². The van der Waals surface area contributed by atoms with E-state index in [4.69, 9.17) is 11.6 Å². The van der Waals surface area contributed by atoms with Crippen LogP contribution in [0.4, 0.5) is 11.4 Å². The van der Waals surface area contributed by atoms with Gasteiger partial charge in [0.05, 0.1) is 4.34 Å². The van der Waals surface area contributed by atoms with E-state index in [1.807, 2.05) is 12.1 Å². The lowest BCUT2D eigenvalue weighted by atomic mass is 10.2. The van der Waals surface area contributed by atoms with Crippen LogP contribution in [-0.4, -0.2) is 45.9 Å². The summed E-state index contributed by atoms with van der Waals surface area (Å²) in [5, 5.41) is 0. The van der Waals surface area contributed by atoms with E-state index in [2.05, 4.69) is 9.62 Å². The summed E-state index contributed by atoms with van der Waals surface area (Å²) >= 11 is 6.81. The summed E-state index contributed by atoms with van der Waals surface area (Å²) in [4.78, 5) is 14.6. The highest BCUT2D eigenvalue weighted by Crippen LogP contribution is 2.28. The summed E-state index contributed by atoms with van der Waals surface area (Å²) in [7, 11) is -3.62. The van der Waals surface area contributed by atoms with E-state index in [0.717, 1.165) is 36.5 Å². The quantitative estimate of drug-likeness (QED) is 0.803. The van der Waals surface area contributed by atoms with Gasteiger partial charge in [-0.25, -0.2) is 8.42 Å². The van der Waals surface area contributed by atoms with Gasteiger partial charge in [0.2, 0.25) is 6.41 Å². The second-order valence-corrected chi connectivity index (χ2v) is 8.96. The predicted molar refractivity (Wildman–Crippen MR) is 96.4 cm³/mol. The Balaban J connectivity index is 1.68. The maximum absolute atomic E-state index is 12.3. The van der Waals surface area contributed by atoms with E-state index >= 15 is 0 Å². The van der Waals surface area contributed by atoms with Crippen LogP contribution in [0.3, 0.4) is 0 Å². The van der Waals surface area contributed by atoms with Crippen LogP contribution in [0.5, 0.6) is 0 Å². The van der Waals surface area contributed by atoms with Crippen molar-refractivity contribution in [3.8, 4) is 0 Å². The number of hydrogen-bond donors (Lipinski definition) is 1. The van der Waals surface area contributed by atoms with Gasteiger partial charge < -0.3 is 9.80 Å². The molecule has 0 saturated carbocycles. The maximum atomic E-state index is 12.3. The van der Waals surface area contributed by atoms with E-state index in [-0.39, 0.29) is 4.21 Å². The number of anilines is 2. The summed E-state index contributed by atoms with van der Waals surface area (Å²) in [6.07, 6.45) is 0.867. The number of nitrogens with zero attached hydrogens (tertiary/aromatic N) is 2. The predicted octanol–water partition coefficient (Wildman–Crippen LogP) is 2.48. The number of benzene rings is 1. The Morgan fingerprint density at radius 1 is 1.04 bits per heavy atom. The number of amides is 1. The second kappa shape index (κ2) is 7.00. The normalized spacial score (nSPS) is 15.4. The molecule has 1 amide bonds. The minimum atomic E-state index is -3.62. The molecular weight excluding hydrogens is 370 g/mol. The van der Waals surface area contributed by atoms with Gasteiger partial charge in [-0.2, -0.15) is 0 Å². The van der Waals surface area contributed by atoms with Crippen molar-refractivity contribution < 1.29 is 13.2 Å². The van der Waals surface area contributed by atoms with Crippen molar-refractivity contribution in [1.82, 2.24) is 4.90 Å². The molecule has 0 atom stereocenters. The lowest BCUT2D eigenvalue weighted by Gasteiger charge is -2.34. The van der Waals surface area contributed by atoms with Crippen molar-refractivity contribution in [3.63, 3.8) is 0 Å². The molecule has 0 bridgehead atoms. The topological polar surface area (TPSA) is 69.7 Å². The first-order chi connectivity index (χ1) is 11.5. The molecule has 24 heavy (non-hydrogen) atoms. The third-order valence-electron chi connectivity index (χ3n) is 3.76. The van der Waals surface area contributed by atoms with Crippen molar-refractivity contribution in [1.29, 1.82) is 0 Å². The number of sulfonamides is 1. The highest BCUT2D eigenvalue weighted by Gasteiger charge is 2.18. The summed E-state index contributed by atoms with van der Waals surface area (Å²) < 4.78 is 27.7. The van der Waals surface area contributed by atoms with Crippen molar-refractivity contribution in [2.75, 3.05) is 35.8 Å². The van der Waals surface area contributed by atoms with Gasteiger partial charge in [-0.15, -0.1) is 11.3 Å². The van der Waals surface area contributed by atoms with Gasteiger partial charge >= 0.3 is 0 Å². The molecule has 2 heterocycles. The van der Waals surface area contributed by atoms with Gasteiger partial charge in [0.15, 0.2) is 0 Å². The summed E-state index contributed by atoms with van der Waals surface area (Å²) in [5.41, 5.74) is 1.50. The van der Waals surface area contributed by atoms with Gasteiger partial charge in [-0.05, 0) is 36.4 Å². The summed E-state index contributed by atoms with van der Waals surface area (Å²) in [6, 6.07) is 10.2. The highest BCUT2D eigenvalue weighted by molar-refractivity contribution is 7.94. The number of piperazine rings is 1. The Hall–Kier alpha value is -1.77. The second-order valence-electron chi connectivity index (χ2n) is 5.34. The molecule has 1 aromatic heterocycles. The summed E-state index contributed by atoms with van der Waals surface area (Å²) in [5.74, 6) is 0. The van der Waals surface area contributed by atoms with Crippen molar-refractivity contribution >= 4 is 50.7 Å². The molecular formula is C15H16ClN3O3S2. The lowest BCUT2D eigenvalue weighted by Crippen LogP contribution is -2.45. The zero-order valence-electron chi connectivity index (χ0n) is 12.7. The molecule has 6 nitrogen and oxygen atoms in total. The maximum Gasteiger partial charge on any atom is 0.271 e.